The van der Waals surface area contributed by atoms with E-state index in [1.807, 2.05) is 19.2 Å². The Bertz CT molecular complexity index is 724. The molecule has 3 atom stereocenters. The zero-order chi connectivity index (χ0) is 20.5. The van der Waals surface area contributed by atoms with Gasteiger partial charge in [-0.05, 0) is 81.5 Å². The topological polar surface area (TPSA) is 86.8 Å². The maximum absolute atomic E-state index is 12.4. The third-order valence-electron chi connectivity index (χ3n) is 7.10. The molecule has 0 bridgehead atoms. The van der Waals surface area contributed by atoms with Crippen LogP contribution >= 0.6 is 11.9 Å². The molecule has 0 amide bonds. The molecule has 1 unspecified atom stereocenters. The lowest BCUT2D eigenvalue weighted by Gasteiger charge is -2.60. The molecular formula is C22H34N2O3S. The second-order valence-electron chi connectivity index (χ2n) is 8.82. The predicted molar refractivity (Wildman–Crippen MR) is 114 cm³/mol. The number of hydrogen-bond acceptors (Lipinski definition) is 6. The first kappa shape index (κ1) is 21.6. The third-order valence-corrected chi connectivity index (χ3v) is 7.10. The summed E-state index contributed by atoms with van der Waals surface area (Å²) in [6, 6.07) is 5.39. The molecule has 1 aromatic carbocycles. The summed E-state index contributed by atoms with van der Waals surface area (Å²) in [5, 5.41) is 26.8. The summed E-state index contributed by atoms with van der Waals surface area (Å²) in [5.41, 5.74) is 0.506. The number of phenols is 1. The highest BCUT2D eigenvalue weighted by Gasteiger charge is 2.61. The Morgan fingerprint density at radius 3 is 2.64 bits per heavy atom. The minimum atomic E-state index is -0.924. The molecule has 1 saturated heterocycles. The highest BCUT2D eigenvalue weighted by molar-refractivity contribution is 7.96. The Kier molecular flexibility index (Phi) is 6.44. The fourth-order valence-electron chi connectivity index (χ4n) is 5.36. The van der Waals surface area contributed by atoms with Gasteiger partial charge >= 0.3 is 0 Å². The van der Waals surface area contributed by atoms with Gasteiger partial charge in [-0.15, -0.1) is 0 Å². The number of aryl methyl sites for hydroxylation is 1. The second kappa shape index (κ2) is 8.34. The van der Waals surface area contributed by atoms with Crippen molar-refractivity contribution in [2.45, 2.75) is 69.4 Å². The first-order valence-electron chi connectivity index (χ1n) is 10.3. The lowest BCUT2D eigenvalue weighted by Crippen LogP contribution is -2.70. The van der Waals surface area contributed by atoms with Crippen LogP contribution in [0.15, 0.2) is 18.2 Å². The van der Waals surface area contributed by atoms with E-state index in [4.69, 9.17) is 5.14 Å². The van der Waals surface area contributed by atoms with Crippen LogP contribution in [0.3, 0.4) is 0 Å². The van der Waals surface area contributed by atoms with Crippen LogP contribution in [0.1, 0.15) is 56.6 Å². The fraction of sp³-hybridized carbons (Fsp3) is 0.682. The Morgan fingerprint density at radius 2 is 2.00 bits per heavy atom. The van der Waals surface area contributed by atoms with Crippen molar-refractivity contribution in [2.24, 2.45) is 11.1 Å². The molecule has 1 aromatic rings. The molecule has 5 nitrogen and oxygen atoms in total. The molecule has 1 aliphatic heterocycles. The molecule has 6 heteroatoms. The number of nitrogens with two attached hydrogens (primary N) is 1. The molecule has 2 aliphatic carbocycles. The van der Waals surface area contributed by atoms with Gasteiger partial charge in [-0.1, -0.05) is 18.0 Å². The van der Waals surface area contributed by atoms with E-state index >= 15 is 0 Å². The van der Waals surface area contributed by atoms with E-state index in [-0.39, 0.29) is 17.6 Å². The number of piperidine rings is 1. The lowest BCUT2D eigenvalue weighted by molar-refractivity contribution is -0.164. The number of nitrogens with zero attached hydrogens (tertiary/aromatic N) is 1. The summed E-state index contributed by atoms with van der Waals surface area (Å²) >= 11 is 1.25. The quantitative estimate of drug-likeness (QED) is 0.669. The number of Topliss-reactive ketones (excluding diaryl/α,β-unsaturated/α-hetero) is 1. The number of phenolic OH excluding ortho intramolecular Hbond substituents is 1. The molecule has 0 aromatic heterocycles. The van der Waals surface area contributed by atoms with Crippen molar-refractivity contribution in [3.8, 4) is 5.75 Å². The van der Waals surface area contributed by atoms with Crippen molar-refractivity contribution < 1.29 is 15.0 Å². The number of hydrogen-bond donors (Lipinski definition) is 3. The molecule has 4 rings (SSSR count). The number of ketones is 1. The molecule has 0 radical (unpaired) electrons. The number of carbonyl (C=O) groups is 1. The molecular weight excluding hydrogens is 372 g/mol. The zero-order valence-corrected chi connectivity index (χ0v) is 18.1. The first-order valence-corrected chi connectivity index (χ1v) is 11.6. The Labute approximate surface area is 172 Å². The van der Waals surface area contributed by atoms with Gasteiger partial charge < -0.3 is 10.2 Å². The van der Waals surface area contributed by atoms with Crippen LogP contribution < -0.4 is 5.14 Å². The maximum Gasteiger partial charge on any atom is 0.134 e. The van der Waals surface area contributed by atoms with Crippen LogP contribution in [0.25, 0.3) is 0 Å². The van der Waals surface area contributed by atoms with E-state index in [1.165, 1.54) is 24.8 Å². The van der Waals surface area contributed by atoms with E-state index in [9.17, 15) is 15.0 Å². The van der Waals surface area contributed by atoms with Gasteiger partial charge in [0.2, 0.25) is 0 Å². The van der Waals surface area contributed by atoms with Crippen molar-refractivity contribution >= 4 is 17.7 Å². The highest BCUT2D eigenvalue weighted by atomic mass is 32.2. The van der Waals surface area contributed by atoms with Gasteiger partial charge in [-0.25, -0.2) is 0 Å². The smallest absolute Gasteiger partial charge is 0.134 e. The molecule has 2 saturated carbocycles. The van der Waals surface area contributed by atoms with E-state index in [2.05, 4.69) is 11.8 Å². The predicted octanol–water partition coefficient (Wildman–Crippen LogP) is 3.15. The van der Waals surface area contributed by atoms with Gasteiger partial charge in [-0.3, -0.25) is 14.8 Å². The van der Waals surface area contributed by atoms with E-state index in [0.717, 1.165) is 36.6 Å². The molecule has 28 heavy (non-hydrogen) atoms. The van der Waals surface area contributed by atoms with E-state index < -0.39 is 11.0 Å². The Morgan fingerprint density at radius 1 is 1.32 bits per heavy atom. The minimum Gasteiger partial charge on any atom is -0.508 e. The summed E-state index contributed by atoms with van der Waals surface area (Å²) in [6.07, 6.45) is 6.56. The standard InChI is InChI=1S/C21H29NO3.CH5NS/c1-14-3-6-17(23)11-19(14)20-9-10-22(13-16-4-5-16)15(2)21(20,25)8-7-18(24)12-20;1-3-2/h3,6,11,15-16,23,25H,4-5,7-10,12-13H2,1-2H3;2H2,1H3/t15-,20-,21?;/m1./s1. The number of aliphatic hydroxyl groups is 1. The molecule has 1 heterocycles. The average molecular weight is 407 g/mol. The Hall–Kier alpha value is -1.08. The van der Waals surface area contributed by atoms with Crippen molar-refractivity contribution in [3.63, 3.8) is 0 Å². The van der Waals surface area contributed by atoms with Gasteiger partial charge in [-0.2, -0.15) is 0 Å². The molecule has 3 aliphatic rings. The van der Waals surface area contributed by atoms with Crippen LogP contribution in [0.2, 0.25) is 0 Å². The SMILES string of the molecule is CSN.Cc1ccc(O)cc1[C@]12CCN(CC3CC3)[C@H](C)C1(O)CCC(=O)C2. The van der Waals surface area contributed by atoms with Crippen LogP contribution in [0, 0.1) is 12.8 Å². The van der Waals surface area contributed by atoms with Gasteiger partial charge in [0.25, 0.3) is 0 Å². The zero-order valence-electron chi connectivity index (χ0n) is 17.3. The second-order valence-corrected chi connectivity index (χ2v) is 9.29. The van der Waals surface area contributed by atoms with Crippen LogP contribution in [0.4, 0.5) is 0 Å². The fourth-order valence-corrected chi connectivity index (χ4v) is 5.36. The van der Waals surface area contributed by atoms with Crippen molar-refractivity contribution in [2.75, 3.05) is 19.3 Å². The average Bonchev–Trinajstić information content (AvgIpc) is 3.47. The van der Waals surface area contributed by atoms with Gasteiger partial charge in [0.05, 0.1) is 5.60 Å². The van der Waals surface area contributed by atoms with Crippen LogP contribution in [0.5, 0.6) is 5.75 Å². The minimum absolute atomic E-state index is 0.0247. The summed E-state index contributed by atoms with van der Waals surface area (Å²) in [6.45, 7) is 6.11. The highest BCUT2D eigenvalue weighted by Crippen LogP contribution is 2.54. The number of aromatic hydroxyl groups is 1. The van der Waals surface area contributed by atoms with Crippen molar-refractivity contribution in [3.05, 3.63) is 29.3 Å². The number of rotatable bonds is 3. The number of carbonyl (C=O) groups excluding carboxylic acids is 1. The van der Waals surface area contributed by atoms with Crippen molar-refractivity contribution in [1.82, 2.24) is 4.90 Å². The number of fused-ring (bicyclic) bond motifs is 1. The van der Waals surface area contributed by atoms with Crippen LogP contribution in [-0.4, -0.2) is 51.9 Å². The first-order chi connectivity index (χ1) is 13.3. The molecule has 0 spiro atoms. The van der Waals surface area contributed by atoms with E-state index in [0.29, 0.717) is 19.3 Å². The number of likely N-dealkylation sites (tertiary alicyclic amines) is 1. The largest absolute Gasteiger partial charge is 0.508 e. The Balaban J connectivity index is 0.000000706. The summed E-state index contributed by atoms with van der Waals surface area (Å²) in [5.74, 6) is 1.23. The normalized spacial score (nSPS) is 33.0. The summed E-state index contributed by atoms with van der Waals surface area (Å²) in [7, 11) is 0. The summed E-state index contributed by atoms with van der Waals surface area (Å²) < 4.78 is 0. The monoisotopic (exact) mass is 406 g/mol. The molecule has 3 fully saturated rings. The molecule has 156 valence electrons. The maximum atomic E-state index is 12.4. The lowest BCUT2D eigenvalue weighted by atomic mass is 9.53. The third kappa shape index (κ3) is 3.84. The van der Waals surface area contributed by atoms with Gasteiger partial charge in [0.1, 0.15) is 11.5 Å². The number of benzene rings is 1. The van der Waals surface area contributed by atoms with Gasteiger partial charge in [0, 0.05) is 30.8 Å². The van der Waals surface area contributed by atoms with Crippen molar-refractivity contribution in [1.29, 1.82) is 0 Å². The van der Waals surface area contributed by atoms with Gasteiger partial charge in [0.15, 0.2) is 0 Å². The molecule has 4 N–H and O–H groups in total. The van der Waals surface area contributed by atoms with E-state index in [1.54, 1.807) is 12.1 Å². The van der Waals surface area contributed by atoms with Crippen LogP contribution in [-0.2, 0) is 10.2 Å². The summed E-state index contributed by atoms with van der Waals surface area (Å²) in [4.78, 5) is 14.9.